The van der Waals surface area contributed by atoms with Crippen LogP contribution >= 0.6 is 22.9 Å². The summed E-state index contributed by atoms with van der Waals surface area (Å²) in [4.78, 5) is 19.8. The van der Waals surface area contributed by atoms with E-state index in [-0.39, 0.29) is 5.57 Å². The number of rotatable bonds is 6. The Hall–Kier alpha value is -1.62. The predicted molar refractivity (Wildman–Crippen MR) is 87.8 cm³/mol. The molecule has 0 atom stereocenters. The normalized spacial score (nSPS) is 15.0. The molecule has 0 fully saturated rings. The molecule has 2 rings (SSSR count). The van der Waals surface area contributed by atoms with Crippen molar-refractivity contribution >= 4 is 34.0 Å². The first-order valence-corrected chi connectivity index (χ1v) is 8.37. The van der Waals surface area contributed by atoms with Crippen molar-refractivity contribution < 1.29 is 4.79 Å². The molecule has 0 saturated heterocycles. The molecule has 118 valence electrons. The van der Waals surface area contributed by atoms with E-state index in [0.717, 1.165) is 25.2 Å². The van der Waals surface area contributed by atoms with Gasteiger partial charge in [-0.05, 0) is 13.5 Å². The maximum absolute atomic E-state index is 11.8. The molecule has 0 unspecified atom stereocenters. The quantitative estimate of drug-likeness (QED) is 0.357. The van der Waals surface area contributed by atoms with Crippen LogP contribution in [0.25, 0.3) is 0 Å². The lowest BCUT2D eigenvalue weighted by Gasteiger charge is -2.20. The Morgan fingerprint density at radius 2 is 2.45 bits per heavy atom. The number of fused-ring (bicyclic) bond motifs is 1. The van der Waals surface area contributed by atoms with E-state index in [1.54, 1.807) is 11.3 Å². The number of hydrogen-bond acceptors (Lipinski definition) is 6. The number of thiazole rings is 1. The zero-order valence-corrected chi connectivity index (χ0v) is 13.9. The van der Waals surface area contributed by atoms with Crippen molar-refractivity contribution in [2.45, 2.75) is 19.4 Å². The Morgan fingerprint density at radius 3 is 3.18 bits per heavy atom. The number of carbonyl (C=O) groups excluding carboxylic acids is 1. The number of halogens is 1. The molecule has 6 nitrogen and oxygen atoms in total. The van der Waals surface area contributed by atoms with Gasteiger partial charge in [0.05, 0.1) is 5.69 Å². The van der Waals surface area contributed by atoms with Crippen LogP contribution in [-0.4, -0.2) is 41.8 Å². The summed E-state index contributed by atoms with van der Waals surface area (Å²) in [7, 11) is 2.08. The number of nitriles is 1. The van der Waals surface area contributed by atoms with Gasteiger partial charge in [-0.15, -0.1) is 22.9 Å². The second-order valence-electron chi connectivity index (χ2n) is 4.99. The Kier molecular flexibility index (Phi) is 6.19. The molecule has 2 N–H and O–H groups in total. The van der Waals surface area contributed by atoms with Gasteiger partial charge in [0.25, 0.3) is 5.91 Å². The lowest BCUT2D eigenvalue weighted by atomic mass is 10.2. The van der Waals surface area contributed by atoms with Gasteiger partial charge in [-0.1, -0.05) is 0 Å². The van der Waals surface area contributed by atoms with Crippen LogP contribution in [0.3, 0.4) is 0 Å². The maximum Gasteiger partial charge on any atom is 0.263 e. The number of alkyl halides is 1. The number of nitrogens with one attached hydrogen (secondary N) is 2. The number of anilines is 1. The largest absolute Gasteiger partial charge is 0.351 e. The molecule has 0 saturated carbocycles. The molecule has 0 aliphatic carbocycles. The highest BCUT2D eigenvalue weighted by atomic mass is 35.5. The monoisotopic (exact) mass is 339 g/mol. The number of likely N-dealkylation sites (N-methyl/N-ethyl adjacent to an activating group) is 1. The van der Waals surface area contributed by atoms with Crippen molar-refractivity contribution in [3.05, 3.63) is 22.3 Å². The summed E-state index contributed by atoms with van der Waals surface area (Å²) in [5.74, 6) is 0.0737. The van der Waals surface area contributed by atoms with Gasteiger partial charge in [0.15, 0.2) is 5.13 Å². The summed E-state index contributed by atoms with van der Waals surface area (Å²) < 4.78 is 0. The molecule has 0 aromatic carbocycles. The molecule has 1 aliphatic rings. The van der Waals surface area contributed by atoms with Crippen molar-refractivity contribution in [2.75, 3.05) is 31.3 Å². The van der Waals surface area contributed by atoms with E-state index in [9.17, 15) is 4.79 Å². The fourth-order valence-electron chi connectivity index (χ4n) is 2.03. The molecule has 1 aromatic heterocycles. The van der Waals surface area contributed by atoms with Crippen molar-refractivity contribution in [3.63, 3.8) is 0 Å². The first kappa shape index (κ1) is 16.7. The van der Waals surface area contributed by atoms with Crippen molar-refractivity contribution in [1.82, 2.24) is 15.2 Å². The summed E-state index contributed by atoms with van der Waals surface area (Å²) >= 11 is 7.10. The average Bonchev–Trinajstić information content (AvgIpc) is 2.90. The average molecular weight is 340 g/mol. The fraction of sp³-hybridized carbons (Fsp3) is 0.500. The van der Waals surface area contributed by atoms with Gasteiger partial charge in [-0.25, -0.2) is 4.98 Å². The summed E-state index contributed by atoms with van der Waals surface area (Å²) in [6, 6.07) is 1.89. The number of carbonyl (C=O) groups is 1. The molecule has 22 heavy (non-hydrogen) atoms. The number of nitrogens with zero attached hydrogens (tertiary/aromatic N) is 3. The van der Waals surface area contributed by atoms with Crippen molar-refractivity contribution in [2.24, 2.45) is 0 Å². The van der Waals surface area contributed by atoms with E-state index in [2.05, 4.69) is 27.6 Å². The minimum absolute atomic E-state index is 0.0277. The van der Waals surface area contributed by atoms with Gasteiger partial charge in [0.1, 0.15) is 11.6 Å². The molecule has 1 aromatic rings. The molecular weight excluding hydrogens is 322 g/mol. The van der Waals surface area contributed by atoms with Crippen LogP contribution in [0.2, 0.25) is 0 Å². The SMILES string of the molecule is CN1CCc2nc(N/C=C(/C#N)C(=O)NCCCCl)sc2C1. The molecule has 2 heterocycles. The maximum atomic E-state index is 11.8. The standard InChI is InChI=1S/C14H18ClN5OS/c1-20-6-3-11-12(9-20)22-14(19-11)18-8-10(7-16)13(21)17-5-2-4-15/h8H,2-6,9H2,1H3,(H,17,21)(H,18,19)/b10-8-. The van der Waals surface area contributed by atoms with Crippen LogP contribution in [0.15, 0.2) is 11.8 Å². The van der Waals surface area contributed by atoms with Gasteiger partial charge in [0, 0.05) is 43.0 Å². The molecule has 0 bridgehead atoms. The molecule has 1 aliphatic heterocycles. The Labute approximate surface area is 138 Å². The highest BCUT2D eigenvalue weighted by Crippen LogP contribution is 2.27. The first-order chi connectivity index (χ1) is 10.6. The van der Waals surface area contributed by atoms with Crippen LogP contribution in [0.4, 0.5) is 5.13 Å². The van der Waals surface area contributed by atoms with E-state index in [0.29, 0.717) is 24.0 Å². The van der Waals surface area contributed by atoms with Crippen LogP contribution in [0.1, 0.15) is 17.0 Å². The molecule has 0 spiro atoms. The zero-order valence-electron chi connectivity index (χ0n) is 12.4. The Bertz CT molecular complexity index is 607. The second kappa shape index (κ2) is 8.13. The smallest absolute Gasteiger partial charge is 0.263 e. The van der Waals surface area contributed by atoms with Gasteiger partial charge in [0.2, 0.25) is 0 Å². The summed E-state index contributed by atoms with van der Waals surface area (Å²) in [5.41, 5.74) is 1.13. The first-order valence-electron chi connectivity index (χ1n) is 7.02. The lowest BCUT2D eigenvalue weighted by Crippen LogP contribution is -2.26. The van der Waals surface area contributed by atoms with Crippen LogP contribution in [0.5, 0.6) is 0 Å². The van der Waals surface area contributed by atoms with Gasteiger partial charge < -0.3 is 15.5 Å². The van der Waals surface area contributed by atoms with Crippen molar-refractivity contribution in [1.29, 1.82) is 5.26 Å². The third-order valence-corrected chi connectivity index (χ3v) is 4.50. The van der Waals surface area contributed by atoms with Gasteiger partial charge >= 0.3 is 0 Å². The number of hydrogen-bond donors (Lipinski definition) is 2. The summed E-state index contributed by atoms with van der Waals surface area (Å²) in [5, 5.41) is 15.4. The highest BCUT2D eigenvalue weighted by Gasteiger charge is 2.18. The molecule has 8 heteroatoms. The predicted octanol–water partition coefficient (Wildman–Crippen LogP) is 1.70. The molecular formula is C14H18ClN5OS. The van der Waals surface area contributed by atoms with E-state index in [4.69, 9.17) is 16.9 Å². The lowest BCUT2D eigenvalue weighted by molar-refractivity contribution is -0.117. The van der Waals surface area contributed by atoms with E-state index >= 15 is 0 Å². The third kappa shape index (κ3) is 4.44. The highest BCUT2D eigenvalue weighted by molar-refractivity contribution is 7.15. The van der Waals surface area contributed by atoms with Crippen LogP contribution < -0.4 is 10.6 Å². The van der Waals surface area contributed by atoms with Gasteiger partial charge in [-0.2, -0.15) is 5.26 Å². The zero-order chi connectivity index (χ0) is 15.9. The summed E-state index contributed by atoms with van der Waals surface area (Å²) in [6.07, 6.45) is 3.01. The van der Waals surface area contributed by atoms with E-state index in [1.165, 1.54) is 11.1 Å². The minimum atomic E-state index is -0.402. The Balaban J connectivity index is 1.97. The second-order valence-corrected chi connectivity index (χ2v) is 6.45. The van der Waals surface area contributed by atoms with E-state index in [1.807, 2.05) is 6.07 Å². The molecule has 0 radical (unpaired) electrons. The molecule has 1 amide bonds. The van der Waals surface area contributed by atoms with Crippen LogP contribution in [-0.2, 0) is 17.8 Å². The Morgan fingerprint density at radius 1 is 1.64 bits per heavy atom. The van der Waals surface area contributed by atoms with Crippen LogP contribution in [0, 0.1) is 11.3 Å². The number of aromatic nitrogens is 1. The van der Waals surface area contributed by atoms with Crippen molar-refractivity contribution in [3.8, 4) is 6.07 Å². The van der Waals surface area contributed by atoms with E-state index < -0.39 is 5.91 Å². The number of amides is 1. The minimum Gasteiger partial charge on any atom is -0.351 e. The topological polar surface area (TPSA) is 81.1 Å². The third-order valence-electron chi connectivity index (χ3n) is 3.22. The summed E-state index contributed by atoms with van der Waals surface area (Å²) in [6.45, 7) is 2.35. The fourth-order valence-corrected chi connectivity index (χ4v) is 3.22. The van der Waals surface area contributed by atoms with Gasteiger partial charge in [-0.3, -0.25) is 4.79 Å².